The van der Waals surface area contributed by atoms with Gasteiger partial charge in [0.05, 0.1) is 19.3 Å². The number of hydrogen-bond donors (Lipinski definition) is 1. The highest BCUT2D eigenvalue weighted by Crippen LogP contribution is 2.09. The molecule has 3 rings (SSSR count). The van der Waals surface area contributed by atoms with E-state index in [0.29, 0.717) is 18.2 Å². The van der Waals surface area contributed by atoms with E-state index in [9.17, 15) is 4.79 Å². The molecule has 0 atom stereocenters. The molecule has 0 bridgehead atoms. The zero-order valence-corrected chi connectivity index (χ0v) is 12.1. The van der Waals surface area contributed by atoms with E-state index in [1.165, 1.54) is 13.4 Å². The molecule has 112 valence electrons. The number of anilines is 1. The Balaban J connectivity index is 1.83. The number of rotatable bonds is 4. The lowest BCUT2D eigenvalue weighted by Crippen LogP contribution is -2.12. The molecule has 0 spiro atoms. The van der Waals surface area contributed by atoms with Crippen LogP contribution in [0.25, 0.3) is 5.65 Å². The molecule has 0 unspecified atom stereocenters. The van der Waals surface area contributed by atoms with E-state index >= 15 is 0 Å². The number of methoxy groups -OCH3 is 1. The van der Waals surface area contributed by atoms with Crippen molar-refractivity contribution in [3.05, 3.63) is 47.7 Å². The van der Waals surface area contributed by atoms with Gasteiger partial charge in [-0.25, -0.2) is 24.3 Å². The lowest BCUT2D eigenvalue weighted by Gasteiger charge is -2.08. The number of carbonyl (C=O) groups is 1. The Labute approximate surface area is 126 Å². The van der Waals surface area contributed by atoms with E-state index in [0.717, 1.165) is 11.3 Å². The van der Waals surface area contributed by atoms with Crippen molar-refractivity contribution in [3.63, 3.8) is 0 Å². The Kier molecular flexibility index (Phi) is 3.65. The summed E-state index contributed by atoms with van der Waals surface area (Å²) in [7, 11) is 1.32. The number of pyridine rings is 1. The van der Waals surface area contributed by atoms with E-state index in [4.69, 9.17) is 0 Å². The van der Waals surface area contributed by atoms with Crippen molar-refractivity contribution in [1.29, 1.82) is 0 Å². The average molecular weight is 298 g/mol. The van der Waals surface area contributed by atoms with Crippen molar-refractivity contribution in [3.8, 4) is 0 Å². The van der Waals surface area contributed by atoms with E-state index in [2.05, 4.69) is 30.1 Å². The molecule has 0 amide bonds. The molecular formula is C14H14N6O2. The topological polar surface area (TPSA) is 94.3 Å². The molecule has 3 heterocycles. The Morgan fingerprint density at radius 2 is 2.23 bits per heavy atom. The van der Waals surface area contributed by atoms with Crippen molar-refractivity contribution in [2.24, 2.45) is 0 Å². The van der Waals surface area contributed by atoms with Crippen LogP contribution in [-0.2, 0) is 11.3 Å². The Bertz CT molecular complexity index is 829. The predicted molar refractivity (Wildman–Crippen MR) is 78.4 cm³/mol. The second-order valence-electron chi connectivity index (χ2n) is 4.61. The van der Waals surface area contributed by atoms with Gasteiger partial charge in [-0.15, -0.1) is 0 Å². The molecule has 0 aliphatic carbocycles. The third-order valence-electron chi connectivity index (χ3n) is 3.06. The number of nitrogens with one attached hydrogen (secondary N) is 1. The number of carbonyl (C=O) groups excluding carboxylic acids is 1. The summed E-state index contributed by atoms with van der Waals surface area (Å²) in [6.07, 6.45) is 1.50. The summed E-state index contributed by atoms with van der Waals surface area (Å²) in [4.78, 5) is 24.1. The molecular weight excluding hydrogens is 284 g/mol. The van der Waals surface area contributed by atoms with Crippen LogP contribution in [0.3, 0.4) is 0 Å². The standard InChI is InChI=1S/C14H14N6O2/c1-9-6-11(13(21)22-2)19-14(18-9)15-7-10-4-3-5-12-16-8-17-20(10)12/h3-6,8H,7H2,1-2H3,(H,15,18,19). The van der Waals surface area contributed by atoms with Crippen molar-refractivity contribution < 1.29 is 9.53 Å². The van der Waals surface area contributed by atoms with Crippen LogP contribution in [0.1, 0.15) is 21.9 Å². The number of ether oxygens (including phenoxy) is 1. The number of fused-ring (bicyclic) bond motifs is 1. The van der Waals surface area contributed by atoms with Crippen LogP contribution in [-0.4, -0.2) is 37.6 Å². The van der Waals surface area contributed by atoms with Crippen LogP contribution in [0.4, 0.5) is 5.95 Å². The van der Waals surface area contributed by atoms with Gasteiger partial charge < -0.3 is 10.1 Å². The van der Waals surface area contributed by atoms with E-state index in [1.807, 2.05) is 18.2 Å². The van der Waals surface area contributed by atoms with Crippen LogP contribution in [0.2, 0.25) is 0 Å². The highest BCUT2D eigenvalue weighted by atomic mass is 16.5. The molecule has 0 aliphatic heterocycles. The first-order valence-electron chi connectivity index (χ1n) is 6.63. The summed E-state index contributed by atoms with van der Waals surface area (Å²) in [5.41, 5.74) is 2.56. The highest BCUT2D eigenvalue weighted by molar-refractivity contribution is 5.87. The lowest BCUT2D eigenvalue weighted by molar-refractivity contribution is 0.0594. The summed E-state index contributed by atoms with van der Waals surface area (Å²) in [5, 5.41) is 7.24. The smallest absolute Gasteiger partial charge is 0.356 e. The first kappa shape index (κ1) is 13.9. The number of nitrogens with zero attached hydrogens (tertiary/aromatic N) is 5. The minimum atomic E-state index is -0.494. The van der Waals surface area contributed by atoms with Gasteiger partial charge in [0.1, 0.15) is 6.33 Å². The quantitative estimate of drug-likeness (QED) is 0.724. The molecule has 0 aromatic carbocycles. The second-order valence-corrected chi connectivity index (χ2v) is 4.61. The van der Waals surface area contributed by atoms with Crippen molar-refractivity contribution in [2.75, 3.05) is 12.4 Å². The summed E-state index contributed by atoms with van der Waals surface area (Å²) in [6, 6.07) is 7.27. The van der Waals surface area contributed by atoms with Gasteiger partial charge in [0, 0.05) is 5.69 Å². The van der Waals surface area contributed by atoms with Gasteiger partial charge in [0.15, 0.2) is 11.3 Å². The van der Waals surface area contributed by atoms with Crippen molar-refractivity contribution in [2.45, 2.75) is 13.5 Å². The van der Waals surface area contributed by atoms with Gasteiger partial charge in [-0.1, -0.05) is 6.07 Å². The fourth-order valence-corrected chi connectivity index (χ4v) is 2.06. The maximum absolute atomic E-state index is 11.6. The first-order chi connectivity index (χ1) is 10.7. The molecule has 3 aromatic rings. The summed E-state index contributed by atoms with van der Waals surface area (Å²) in [6.45, 7) is 2.24. The van der Waals surface area contributed by atoms with E-state index < -0.39 is 5.97 Å². The molecule has 0 saturated heterocycles. The van der Waals surface area contributed by atoms with Crippen LogP contribution in [0.15, 0.2) is 30.6 Å². The maximum atomic E-state index is 11.6. The minimum absolute atomic E-state index is 0.219. The van der Waals surface area contributed by atoms with Gasteiger partial charge in [0.2, 0.25) is 5.95 Å². The van der Waals surface area contributed by atoms with Gasteiger partial charge in [-0.3, -0.25) is 0 Å². The highest BCUT2D eigenvalue weighted by Gasteiger charge is 2.11. The Morgan fingerprint density at radius 3 is 3.05 bits per heavy atom. The summed E-state index contributed by atoms with van der Waals surface area (Å²) >= 11 is 0. The number of aryl methyl sites for hydroxylation is 1. The first-order valence-corrected chi connectivity index (χ1v) is 6.63. The number of esters is 1. The fourth-order valence-electron chi connectivity index (χ4n) is 2.06. The molecule has 0 saturated carbocycles. The zero-order chi connectivity index (χ0) is 15.5. The summed E-state index contributed by atoms with van der Waals surface area (Å²) < 4.78 is 6.40. The van der Waals surface area contributed by atoms with Crippen LogP contribution in [0, 0.1) is 6.92 Å². The van der Waals surface area contributed by atoms with Gasteiger partial charge in [-0.05, 0) is 25.1 Å². The molecule has 8 nitrogen and oxygen atoms in total. The molecule has 3 aromatic heterocycles. The molecule has 8 heteroatoms. The van der Waals surface area contributed by atoms with Gasteiger partial charge in [-0.2, -0.15) is 5.10 Å². The summed E-state index contributed by atoms with van der Waals surface area (Å²) in [5.74, 6) is -0.135. The normalized spacial score (nSPS) is 10.6. The largest absolute Gasteiger partial charge is 0.464 e. The molecule has 0 fully saturated rings. The Hall–Kier alpha value is -3.03. The minimum Gasteiger partial charge on any atom is -0.464 e. The predicted octanol–water partition coefficient (Wildman–Crippen LogP) is 1.23. The van der Waals surface area contributed by atoms with Gasteiger partial charge >= 0.3 is 5.97 Å². The van der Waals surface area contributed by atoms with E-state index in [-0.39, 0.29) is 5.69 Å². The van der Waals surface area contributed by atoms with Crippen LogP contribution >= 0.6 is 0 Å². The molecule has 1 N–H and O–H groups in total. The lowest BCUT2D eigenvalue weighted by atomic mass is 10.3. The van der Waals surface area contributed by atoms with Crippen LogP contribution < -0.4 is 5.32 Å². The molecule has 22 heavy (non-hydrogen) atoms. The Morgan fingerprint density at radius 1 is 1.36 bits per heavy atom. The van der Waals surface area contributed by atoms with Gasteiger partial charge in [0.25, 0.3) is 0 Å². The zero-order valence-electron chi connectivity index (χ0n) is 12.1. The maximum Gasteiger partial charge on any atom is 0.356 e. The monoisotopic (exact) mass is 298 g/mol. The SMILES string of the molecule is COC(=O)c1cc(C)nc(NCc2cccc3ncnn23)n1. The second kappa shape index (κ2) is 5.76. The third-order valence-corrected chi connectivity index (χ3v) is 3.06. The average Bonchev–Trinajstić information content (AvgIpc) is 3.00. The molecule has 0 radical (unpaired) electrons. The number of hydrogen-bond acceptors (Lipinski definition) is 7. The van der Waals surface area contributed by atoms with Crippen molar-refractivity contribution >= 4 is 17.6 Å². The van der Waals surface area contributed by atoms with Crippen LogP contribution in [0.5, 0.6) is 0 Å². The fraction of sp³-hybridized carbons (Fsp3) is 0.214. The van der Waals surface area contributed by atoms with Crippen molar-refractivity contribution in [1.82, 2.24) is 24.6 Å². The molecule has 0 aliphatic rings. The third kappa shape index (κ3) is 2.71. The number of aromatic nitrogens is 5. The van der Waals surface area contributed by atoms with E-state index in [1.54, 1.807) is 17.5 Å².